The van der Waals surface area contributed by atoms with Crippen LogP contribution in [0.25, 0.3) is 21.8 Å². The number of anilines is 2. The number of sulfonamides is 2. The Morgan fingerprint density at radius 1 is 0.351 bits per heavy atom. The highest BCUT2D eigenvalue weighted by Gasteiger charge is 2.52. The Morgan fingerprint density at radius 3 is 0.824 bits per heavy atom. The van der Waals surface area contributed by atoms with Crippen LogP contribution in [0.5, 0.6) is 11.5 Å². The van der Waals surface area contributed by atoms with Crippen molar-refractivity contribution in [1.29, 1.82) is 0 Å². The van der Waals surface area contributed by atoms with E-state index in [-0.39, 0.29) is 108 Å². The first-order chi connectivity index (χ1) is 71.3. The molecular weight excluding hydrogens is 2100 g/mol. The Hall–Kier alpha value is -7.64. The molecule has 34 nitrogen and oxygen atoms in total. The second-order valence-corrected chi connectivity index (χ2v) is 37.9. The predicted molar refractivity (Wildman–Crippen MR) is 538 cm³/mol. The number of aromatic nitrogens is 2. The Morgan fingerprint density at radius 2 is 0.581 bits per heavy atom. The van der Waals surface area contributed by atoms with E-state index in [1.165, 1.54) is 6.20 Å². The molecule has 49 heteroatoms. The smallest absolute Gasteiger partial charge is 0.506 e. The van der Waals surface area contributed by atoms with Crippen molar-refractivity contribution < 1.29 is 172 Å². The molecule has 0 radical (unpaired) electrons. The van der Waals surface area contributed by atoms with Gasteiger partial charge in [-0.3, -0.25) is 9.97 Å². The second kappa shape index (κ2) is 72.1. The molecule has 0 spiro atoms. The molecule has 0 amide bonds. The fraction of sp³-hybridized carbons (Fsp3) is 0.566. The summed E-state index contributed by atoms with van der Waals surface area (Å²) in [5.74, 6) is -2.88. The molecule has 8 aromatic rings. The predicted octanol–water partition coefficient (Wildman–Crippen LogP) is 15.3. The molecule has 0 saturated carbocycles. The Bertz CT molecular complexity index is 5070. The molecule has 0 aliphatic carbocycles. The number of carboxylic acid groups (broad SMARTS) is 1. The van der Waals surface area contributed by atoms with E-state index in [1.807, 2.05) is 91.0 Å². The molecule has 4 heterocycles. The lowest BCUT2D eigenvalue weighted by Gasteiger charge is -2.32. The lowest BCUT2D eigenvalue weighted by molar-refractivity contribution is -0.192. The van der Waals surface area contributed by atoms with E-state index in [9.17, 15) is 61.5 Å². The molecule has 0 atom stereocenters. The van der Waals surface area contributed by atoms with Gasteiger partial charge in [-0.2, -0.15) is 48.1 Å². The molecule has 10 rings (SSSR count). The van der Waals surface area contributed by atoms with Gasteiger partial charge in [0.2, 0.25) is 0 Å². The fourth-order valence-corrected chi connectivity index (χ4v) is 16.9. The van der Waals surface area contributed by atoms with Crippen molar-refractivity contribution in [3.05, 3.63) is 199 Å². The number of hydrogen-bond acceptors (Lipinski definition) is 31. The van der Waals surface area contributed by atoms with Crippen LogP contribution in [-0.2, 0) is 110 Å². The molecule has 2 aromatic heterocycles. The van der Waals surface area contributed by atoms with Crippen molar-refractivity contribution >= 4 is 106 Å². The van der Waals surface area contributed by atoms with E-state index in [0.29, 0.717) is 292 Å². The molecule has 2 saturated heterocycles. The van der Waals surface area contributed by atoms with Gasteiger partial charge in [0.1, 0.15) is 29.1 Å². The number of halogens is 13. The van der Waals surface area contributed by atoms with Crippen molar-refractivity contribution in [2.45, 2.75) is 80.1 Å². The monoisotopic (exact) mass is 2230 g/mol. The highest BCUT2D eigenvalue weighted by atomic mass is 35.5. The number of aliphatic hydroxyl groups excluding tert-OH is 2. The summed E-state index contributed by atoms with van der Waals surface area (Å²) >= 11 is 24.9. The van der Waals surface area contributed by atoms with Gasteiger partial charge < -0.3 is 121 Å². The van der Waals surface area contributed by atoms with Gasteiger partial charge in [0, 0.05) is 111 Å². The normalized spacial score (nSPS) is 13.7. The van der Waals surface area contributed by atoms with Crippen molar-refractivity contribution in [3.63, 3.8) is 0 Å². The van der Waals surface area contributed by atoms with Gasteiger partial charge in [-0.05, 0) is 150 Å². The first-order valence-corrected chi connectivity index (χ1v) is 52.4. The number of phenolic OH excluding ortho intramolecular Hbond substituents is 1. The SMILES string of the molecule is CCCOCCOCCOCCOCCOCCOCCOCCOCCOCCO.O=C(O)C(F)(F)F.O=S(=O)(N1CCC(Nc2ccnc3c(O)cc(C(c4ccc(Cl)cc4)c4ccc(Cl)cc4)cc23)CC1)C(F)(F)F.O=S(=O)(N1CCC(Nc2ccnc3c(OCCOCCOCCOCCOCCOCCOCCOCCOCCOCCO)cc(C(c4ccc(Cl)cc4)c4ccc(Cl)cc4)cc23)CC1)C(F)(F)F. The lowest BCUT2D eigenvalue weighted by Crippen LogP contribution is -2.47. The molecule has 6 N–H and O–H groups in total. The summed E-state index contributed by atoms with van der Waals surface area (Å²) in [6.45, 7) is 18.4. The summed E-state index contributed by atoms with van der Waals surface area (Å²) in [5, 5.41) is 45.8. The minimum Gasteiger partial charge on any atom is -0.506 e. The van der Waals surface area contributed by atoms with Crippen LogP contribution < -0.4 is 15.4 Å². The molecular formula is C99H133Cl4F9N6O28S2. The van der Waals surface area contributed by atoms with Crippen LogP contribution in [0, 0.1) is 0 Å². The van der Waals surface area contributed by atoms with Crippen molar-refractivity contribution in [2.75, 3.05) is 294 Å². The number of aromatic hydroxyl groups is 1. The van der Waals surface area contributed by atoms with Crippen molar-refractivity contribution in [1.82, 2.24) is 18.6 Å². The van der Waals surface area contributed by atoms with E-state index in [4.69, 9.17) is 157 Å². The minimum absolute atomic E-state index is 0.00178. The van der Waals surface area contributed by atoms with Gasteiger partial charge in [-0.25, -0.2) is 21.6 Å². The number of carbonyl (C=O) groups is 1. The number of phenols is 1. The van der Waals surface area contributed by atoms with Crippen molar-refractivity contribution in [2.24, 2.45) is 0 Å². The second-order valence-electron chi connectivity index (χ2n) is 32.3. The number of benzene rings is 6. The Kier molecular flexibility index (Phi) is 62.0. The zero-order valence-corrected chi connectivity index (χ0v) is 86.9. The van der Waals surface area contributed by atoms with E-state index >= 15 is 0 Å². The Labute approximate surface area is 876 Å². The van der Waals surface area contributed by atoms with Crippen LogP contribution in [0.4, 0.5) is 50.9 Å². The summed E-state index contributed by atoms with van der Waals surface area (Å²) < 4.78 is 263. The highest BCUT2D eigenvalue weighted by Crippen LogP contribution is 2.43. The standard InChI is InChI=1S/C48H64Cl2F3N3O13S.C28H24Cl2F3N3O3S.C21H44O10.C2HF3O2/c49-40-5-1-37(2-6-40)46(38-3-7-41(50)8-4-38)39-35-43-44(55-42-10-13-56(14-11-42)70(58,59)48(51,52)53)9-12-54-47(43)45(36-39)69-34-33-68-32-31-67-30-29-66-28-27-65-26-25-64-24-23-63-22-21-62-20-19-61-18-17-60-16-15-57;29-20-5-1-17(2-6-20)26(18-3-7-21(30)8-4-18)19-15-23-24(9-12-34-27(23)25(37)16-19)35-22-10-13-36(14-11-22)40(38,39)28(31,32)33;1-2-4-23-6-8-25-10-12-27-14-16-29-18-20-31-21-19-30-17-15-28-13-11-26-9-7-24-5-3-22;3-2(4,5)1(6)7/h1-9,12,35-36,42,46,57H,10-11,13-34H2,(H,54,55);1-9,12,15-16,22,26,37H,10-11,13-14H2,(H,34,35);22H,2-21H2,1H3;(H,6,7). The maximum atomic E-state index is 13.3. The van der Waals surface area contributed by atoms with E-state index in [1.54, 1.807) is 48.7 Å². The summed E-state index contributed by atoms with van der Waals surface area (Å²) in [6, 6.07) is 40.4. The maximum absolute atomic E-state index is 13.3. The number of carboxylic acids is 1. The largest absolute Gasteiger partial charge is 0.511 e. The van der Waals surface area contributed by atoms with Gasteiger partial charge in [0.05, 0.1) is 244 Å². The molecule has 2 aliphatic heterocycles. The zero-order chi connectivity index (χ0) is 107. The average Bonchev–Trinajstić information content (AvgIpc) is 0.774. The number of aliphatic carboxylic acids is 1. The molecule has 0 bridgehead atoms. The Balaban J connectivity index is 0.000000319. The number of nitrogens with zero attached hydrogens (tertiary/aromatic N) is 4. The molecule has 6 aromatic carbocycles. The number of ether oxygens (including phenoxy) is 19. The van der Waals surface area contributed by atoms with Crippen LogP contribution in [0.15, 0.2) is 146 Å². The number of hydrogen-bond donors (Lipinski definition) is 6. The van der Waals surface area contributed by atoms with Gasteiger partial charge >= 0.3 is 43.2 Å². The number of alkyl halides is 9. The number of pyridine rings is 2. The number of aliphatic hydroxyl groups is 2. The number of nitrogens with one attached hydrogen (secondary N) is 2. The van der Waals surface area contributed by atoms with E-state index in [2.05, 4.69) is 27.5 Å². The first-order valence-electron chi connectivity index (χ1n) is 48.0. The zero-order valence-electron chi connectivity index (χ0n) is 82.2. The topological polar surface area (TPSA) is 398 Å². The third-order valence-corrected chi connectivity index (χ3v) is 25.8. The number of fused-ring (bicyclic) bond motifs is 2. The molecule has 0 unspecified atom stereocenters. The molecule has 2 fully saturated rings. The number of piperidine rings is 2. The van der Waals surface area contributed by atoms with Gasteiger partial charge in [0.25, 0.3) is 0 Å². The quantitative estimate of drug-likeness (QED) is 0.0117. The van der Waals surface area contributed by atoms with E-state index in [0.717, 1.165) is 46.4 Å². The fourth-order valence-electron chi connectivity index (χ4n) is 14.4. The van der Waals surface area contributed by atoms with Crippen LogP contribution in [0.2, 0.25) is 20.1 Å². The molecule has 2 aliphatic rings. The molecule has 148 heavy (non-hydrogen) atoms. The summed E-state index contributed by atoms with van der Waals surface area (Å²) in [5.41, 5.74) is -3.07. The van der Waals surface area contributed by atoms with Crippen LogP contribution in [0.1, 0.15) is 84.2 Å². The lowest BCUT2D eigenvalue weighted by atomic mass is 9.84. The number of rotatable bonds is 70. The van der Waals surface area contributed by atoms with E-state index < -0.39 is 43.2 Å². The van der Waals surface area contributed by atoms with Gasteiger partial charge in [-0.1, -0.05) is 102 Å². The van der Waals surface area contributed by atoms with Crippen molar-refractivity contribution in [3.8, 4) is 11.5 Å². The first kappa shape index (κ1) is 127. The third kappa shape index (κ3) is 48.8. The molecule has 830 valence electrons. The third-order valence-electron chi connectivity index (χ3n) is 21.6. The van der Waals surface area contributed by atoms with Gasteiger partial charge in [-0.15, -0.1) is 0 Å². The minimum atomic E-state index is -5.42. The van der Waals surface area contributed by atoms with Crippen LogP contribution in [-0.4, -0.2) is 375 Å². The summed E-state index contributed by atoms with van der Waals surface area (Å²) in [4.78, 5) is 17.9. The summed E-state index contributed by atoms with van der Waals surface area (Å²) in [7, 11) is -10.8. The van der Waals surface area contributed by atoms with Crippen LogP contribution >= 0.6 is 46.4 Å². The average molecular weight is 2230 g/mol. The highest BCUT2D eigenvalue weighted by molar-refractivity contribution is 7.90. The van der Waals surface area contributed by atoms with Crippen LogP contribution in [0.3, 0.4) is 0 Å². The maximum Gasteiger partial charge on any atom is 0.511 e. The van der Waals surface area contributed by atoms with Gasteiger partial charge in [0.15, 0.2) is 0 Å². The summed E-state index contributed by atoms with van der Waals surface area (Å²) in [6.07, 6.45) is -0.199.